The lowest BCUT2D eigenvalue weighted by Gasteiger charge is -2.29. The van der Waals surface area contributed by atoms with Gasteiger partial charge in [0.2, 0.25) is 0 Å². The summed E-state index contributed by atoms with van der Waals surface area (Å²) in [6.45, 7) is 1.02. The first kappa shape index (κ1) is 8.38. The largest absolute Gasteiger partial charge is 0.507 e. The molecule has 1 aliphatic rings. The molecule has 0 radical (unpaired) electrons. The van der Waals surface area contributed by atoms with E-state index >= 15 is 0 Å². The van der Waals surface area contributed by atoms with Gasteiger partial charge in [0.1, 0.15) is 11.5 Å². The quantitative estimate of drug-likeness (QED) is 0.721. The molecule has 1 unspecified atom stereocenters. The van der Waals surface area contributed by atoms with E-state index < -0.39 is 0 Å². The molecule has 70 valence electrons. The van der Waals surface area contributed by atoms with Gasteiger partial charge in [-0.1, -0.05) is 6.07 Å². The standard InChI is InChI=1S/C10H13NO2/c1-13-9-4-2-3-8(12)10(9)7-5-6-11-7/h2-4,7,11-12H,5-6H2,1H3. The summed E-state index contributed by atoms with van der Waals surface area (Å²) < 4.78 is 5.18. The van der Waals surface area contributed by atoms with Crippen LogP contribution in [0.15, 0.2) is 18.2 Å². The third-order valence-corrected chi connectivity index (χ3v) is 2.44. The number of hydrogen-bond donors (Lipinski definition) is 2. The van der Waals surface area contributed by atoms with Crippen LogP contribution >= 0.6 is 0 Å². The molecule has 0 spiro atoms. The Balaban J connectivity index is 2.39. The van der Waals surface area contributed by atoms with Crippen LogP contribution in [0.3, 0.4) is 0 Å². The van der Waals surface area contributed by atoms with Crippen molar-refractivity contribution in [3.63, 3.8) is 0 Å². The van der Waals surface area contributed by atoms with Crippen LogP contribution < -0.4 is 10.1 Å². The maximum absolute atomic E-state index is 9.64. The van der Waals surface area contributed by atoms with Crippen molar-refractivity contribution in [2.75, 3.05) is 13.7 Å². The Kier molecular flexibility index (Phi) is 2.10. The first-order chi connectivity index (χ1) is 6.33. The van der Waals surface area contributed by atoms with Gasteiger partial charge in [0.15, 0.2) is 0 Å². The topological polar surface area (TPSA) is 41.5 Å². The normalized spacial score (nSPS) is 20.8. The van der Waals surface area contributed by atoms with Crippen molar-refractivity contribution >= 4 is 0 Å². The summed E-state index contributed by atoms with van der Waals surface area (Å²) in [6.07, 6.45) is 1.06. The molecule has 3 heteroatoms. The Hall–Kier alpha value is -1.22. The van der Waals surface area contributed by atoms with E-state index in [-0.39, 0.29) is 6.04 Å². The van der Waals surface area contributed by atoms with Gasteiger partial charge in [-0.25, -0.2) is 0 Å². The number of aromatic hydroxyl groups is 1. The van der Waals surface area contributed by atoms with E-state index in [1.54, 1.807) is 19.2 Å². The molecule has 1 saturated heterocycles. The molecule has 1 atom stereocenters. The first-order valence-corrected chi connectivity index (χ1v) is 4.42. The number of rotatable bonds is 2. The molecule has 3 nitrogen and oxygen atoms in total. The predicted molar refractivity (Wildman–Crippen MR) is 50.0 cm³/mol. The third kappa shape index (κ3) is 1.35. The van der Waals surface area contributed by atoms with Gasteiger partial charge in [-0.3, -0.25) is 0 Å². The minimum absolute atomic E-state index is 0.260. The number of phenolic OH excluding ortho intramolecular Hbond substituents is 1. The summed E-state index contributed by atoms with van der Waals surface area (Å²) in [5.41, 5.74) is 0.885. The maximum Gasteiger partial charge on any atom is 0.127 e. The van der Waals surface area contributed by atoms with Crippen LogP contribution in [-0.4, -0.2) is 18.8 Å². The predicted octanol–water partition coefficient (Wildman–Crippen LogP) is 1.44. The highest BCUT2D eigenvalue weighted by atomic mass is 16.5. The van der Waals surface area contributed by atoms with Gasteiger partial charge in [0, 0.05) is 6.04 Å². The Morgan fingerprint density at radius 3 is 2.85 bits per heavy atom. The SMILES string of the molecule is COc1cccc(O)c1C1CCN1. The molecular weight excluding hydrogens is 166 g/mol. The molecule has 1 aliphatic heterocycles. The lowest BCUT2D eigenvalue weighted by Crippen LogP contribution is -2.35. The van der Waals surface area contributed by atoms with Crippen molar-refractivity contribution in [3.8, 4) is 11.5 Å². The Labute approximate surface area is 77.3 Å². The molecule has 2 rings (SSSR count). The lowest BCUT2D eigenvalue weighted by molar-refractivity contribution is 0.337. The van der Waals surface area contributed by atoms with E-state index in [1.165, 1.54) is 0 Å². The summed E-state index contributed by atoms with van der Waals surface area (Å²) in [6, 6.07) is 5.61. The smallest absolute Gasteiger partial charge is 0.127 e. The Morgan fingerprint density at radius 1 is 1.54 bits per heavy atom. The molecule has 0 aromatic heterocycles. The third-order valence-electron chi connectivity index (χ3n) is 2.44. The maximum atomic E-state index is 9.64. The van der Waals surface area contributed by atoms with Crippen molar-refractivity contribution in [3.05, 3.63) is 23.8 Å². The highest BCUT2D eigenvalue weighted by molar-refractivity contribution is 5.46. The number of nitrogens with one attached hydrogen (secondary N) is 1. The molecule has 0 amide bonds. The molecule has 0 bridgehead atoms. The fourth-order valence-electron chi connectivity index (χ4n) is 1.60. The molecule has 13 heavy (non-hydrogen) atoms. The van der Waals surface area contributed by atoms with Crippen LogP contribution in [0.1, 0.15) is 18.0 Å². The molecule has 1 heterocycles. The number of phenols is 1. The average Bonchev–Trinajstić information content (AvgIpc) is 2.05. The van der Waals surface area contributed by atoms with Gasteiger partial charge in [-0.2, -0.15) is 0 Å². The second-order valence-electron chi connectivity index (χ2n) is 3.19. The summed E-state index contributed by atoms with van der Waals surface area (Å²) in [5.74, 6) is 1.08. The van der Waals surface area contributed by atoms with E-state index in [2.05, 4.69) is 5.32 Å². The van der Waals surface area contributed by atoms with Crippen LogP contribution in [-0.2, 0) is 0 Å². The van der Waals surface area contributed by atoms with Crippen molar-refractivity contribution in [1.82, 2.24) is 5.32 Å². The van der Waals surface area contributed by atoms with Gasteiger partial charge in [-0.15, -0.1) is 0 Å². The van der Waals surface area contributed by atoms with Gasteiger partial charge in [-0.05, 0) is 25.1 Å². The van der Waals surface area contributed by atoms with E-state index in [4.69, 9.17) is 4.74 Å². The molecular formula is C10H13NO2. The zero-order valence-electron chi connectivity index (χ0n) is 7.58. The van der Waals surface area contributed by atoms with Crippen molar-refractivity contribution in [2.45, 2.75) is 12.5 Å². The van der Waals surface area contributed by atoms with Crippen LogP contribution in [0.25, 0.3) is 0 Å². The molecule has 1 aromatic carbocycles. The van der Waals surface area contributed by atoms with Crippen LogP contribution in [0.2, 0.25) is 0 Å². The molecule has 2 N–H and O–H groups in total. The lowest BCUT2D eigenvalue weighted by atomic mass is 9.96. The second kappa shape index (κ2) is 3.26. The van der Waals surface area contributed by atoms with Crippen LogP contribution in [0, 0.1) is 0 Å². The summed E-state index contributed by atoms with van der Waals surface area (Å²) in [7, 11) is 1.62. The number of ether oxygens (including phenoxy) is 1. The minimum Gasteiger partial charge on any atom is -0.507 e. The van der Waals surface area contributed by atoms with Crippen molar-refractivity contribution in [2.24, 2.45) is 0 Å². The Bertz CT molecular complexity index is 308. The van der Waals surface area contributed by atoms with Crippen LogP contribution in [0.5, 0.6) is 11.5 Å². The summed E-state index contributed by atoms with van der Waals surface area (Å²) >= 11 is 0. The van der Waals surface area contributed by atoms with Crippen molar-refractivity contribution in [1.29, 1.82) is 0 Å². The van der Waals surface area contributed by atoms with Crippen LogP contribution in [0.4, 0.5) is 0 Å². The second-order valence-corrected chi connectivity index (χ2v) is 3.19. The average molecular weight is 179 g/mol. The molecule has 0 saturated carbocycles. The fraction of sp³-hybridized carbons (Fsp3) is 0.400. The zero-order chi connectivity index (χ0) is 9.26. The number of hydrogen-bond acceptors (Lipinski definition) is 3. The fourth-order valence-corrected chi connectivity index (χ4v) is 1.60. The summed E-state index contributed by atoms with van der Waals surface area (Å²) in [5, 5.41) is 12.9. The molecule has 1 aromatic rings. The van der Waals surface area contributed by atoms with E-state index in [1.807, 2.05) is 6.07 Å². The van der Waals surface area contributed by atoms with Gasteiger partial charge in [0.25, 0.3) is 0 Å². The highest BCUT2D eigenvalue weighted by Gasteiger charge is 2.24. The van der Waals surface area contributed by atoms with Gasteiger partial charge in [0.05, 0.1) is 12.7 Å². The number of benzene rings is 1. The van der Waals surface area contributed by atoms with Gasteiger partial charge < -0.3 is 15.2 Å². The number of methoxy groups -OCH3 is 1. The zero-order valence-corrected chi connectivity index (χ0v) is 7.58. The van der Waals surface area contributed by atoms with E-state index in [0.29, 0.717) is 5.75 Å². The summed E-state index contributed by atoms with van der Waals surface area (Å²) in [4.78, 5) is 0. The minimum atomic E-state index is 0.260. The molecule has 1 fully saturated rings. The van der Waals surface area contributed by atoms with E-state index in [0.717, 1.165) is 24.3 Å². The van der Waals surface area contributed by atoms with Gasteiger partial charge >= 0.3 is 0 Å². The van der Waals surface area contributed by atoms with E-state index in [9.17, 15) is 5.11 Å². The monoisotopic (exact) mass is 179 g/mol. The first-order valence-electron chi connectivity index (χ1n) is 4.42. The van der Waals surface area contributed by atoms with Crippen molar-refractivity contribution < 1.29 is 9.84 Å². The molecule has 0 aliphatic carbocycles. The Morgan fingerprint density at radius 2 is 2.31 bits per heavy atom. The highest BCUT2D eigenvalue weighted by Crippen LogP contribution is 2.37.